The highest BCUT2D eigenvalue weighted by Crippen LogP contribution is 2.40. The second-order valence-corrected chi connectivity index (χ2v) is 6.78. The van der Waals surface area contributed by atoms with Crippen LogP contribution in [0, 0.1) is 5.92 Å². The van der Waals surface area contributed by atoms with Crippen molar-refractivity contribution >= 4 is 11.5 Å². The Morgan fingerprint density at radius 1 is 0.909 bits per heavy atom. The smallest absolute Gasteiger partial charge is 0.194 e. The highest BCUT2D eigenvalue weighted by Gasteiger charge is 2.43. The van der Waals surface area contributed by atoms with Crippen LogP contribution in [0.1, 0.15) is 15.9 Å². The van der Waals surface area contributed by atoms with Crippen LogP contribution in [0.15, 0.2) is 42.5 Å². The number of likely N-dealkylation sites (N-methyl/N-ethyl adjacent to an activating group) is 1. The summed E-state index contributed by atoms with van der Waals surface area (Å²) in [5.41, 5.74) is 5.07. The molecular formula is C19H18N2O. The van der Waals surface area contributed by atoms with Crippen molar-refractivity contribution in [2.75, 3.05) is 31.6 Å². The van der Waals surface area contributed by atoms with Gasteiger partial charge in [0.25, 0.3) is 0 Å². The molecule has 3 heteroatoms. The number of fused-ring (bicyclic) bond motifs is 4. The standard InChI is InChI=1S/C19H18N2O/c1-20-9-12-10-21(11-18(12)20)13-6-7-15-14-4-2-3-5-16(14)19(22)17(15)8-13/h2-8,12,18H,9-11H2,1H3. The maximum atomic E-state index is 12.6. The van der Waals surface area contributed by atoms with Gasteiger partial charge in [-0.2, -0.15) is 0 Å². The summed E-state index contributed by atoms with van der Waals surface area (Å²) in [6.45, 7) is 3.41. The molecule has 22 heavy (non-hydrogen) atoms. The zero-order chi connectivity index (χ0) is 14.8. The number of carbonyl (C=O) groups excluding carboxylic acids is 1. The zero-order valence-corrected chi connectivity index (χ0v) is 12.6. The molecule has 2 fully saturated rings. The first kappa shape index (κ1) is 12.4. The number of rotatable bonds is 1. The molecule has 0 bridgehead atoms. The van der Waals surface area contributed by atoms with Crippen LogP contribution >= 0.6 is 0 Å². The molecule has 2 aliphatic heterocycles. The number of ketones is 1. The second-order valence-electron chi connectivity index (χ2n) is 6.78. The van der Waals surface area contributed by atoms with Gasteiger partial charge in [0.2, 0.25) is 0 Å². The van der Waals surface area contributed by atoms with Gasteiger partial charge in [0.1, 0.15) is 0 Å². The molecule has 1 aliphatic carbocycles. The fraction of sp³-hybridized carbons (Fsp3) is 0.316. The average molecular weight is 290 g/mol. The predicted octanol–water partition coefficient (Wildman–Crippen LogP) is 2.65. The van der Waals surface area contributed by atoms with Gasteiger partial charge in [0, 0.05) is 48.4 Å². The lowest BCUT2D eigenvalue weighted by atomic mass is 9.93. The summed E-state index contributed by atoms with van der Waals surface area (Å²) in [5, 5.41) is 0. The van der Waals surface area contributed by atoms with Crippen LogP contribution in [-0.4, -0.2) is 43.4 Å². The van der Waals surface area contributed by atoms with E-state index in [9.17, 15) is 4.79 Å². The molecule has 5 rings (SSSR count). The van der Waals surface area contributed by atoms with Gasteiger partial charge in [-0.25, -0.2) is 0 Å². The van der Waals surface area contributed by atoms with Crippen molar-refractivity contribution in [2.24, 2.45) is 5.92 Å². The molecule has 2 atom stereocenters. The summed E-state index contributed by atoms with van der Waals surface area (Å²) in [6.07, 6.45) is 0. The molecule has 2 aromatic carbocycles. The molecule has 3 nitrogen and oxygen atoms in total. The third-order valence-corrected chi connectivity index (χ3v) is 5.57. The topological polar surface area (TPSA) is 23.6 Å². The van der Waals surface area contributed by atoms with Crippen molar-refractivity contribution in [1.82, 2.24) is 4.90 Å². The van der Waals surface area contributed by atoms with E-state index in [-0.39, 0.29) is 5.78 Å². The molecule has 2 unspecified atom stereocenters. The van der Waals surface area contributed by atoms with E-state index in [1.54, 1.807) is 0 Å². The molecule has 2 aromatic rings. The summed E-state index contributed by atoms with van der Waals surface area (Å²) in [5.74, 6) is 0.970. The monoisotopic (exact) mass is 290 g/mol. The maximum Gasteiger partial charge on any atom is 0.194 e. The fourth-order valence-electron chi connectivity index (χ4n) is 4.32. The van der Waals surface area contributed by atoms with Crippen molar-refractivity contribution in [1.29, 1.82) is 0 Å². The molecule has 0 radical (unpaired) electrons. The van der Waals surface area contributed by atoms with E-state index in [2.05, 4.69) is 35.0 Å². The molecule has 0 N–H and O–H groups in total. The Balaban J connectivity index is 1.53. The summed E-state index contributed by atoms with van der Waals surface area (Å²) < 4.78 is 0. The Kier molecular flexibility index (Phi) is 2.37. The Hall–Kier alpha value is -2.13. The van der Waals surface area contributed by atoms with Crippen LogP contribution in [-0.2, 0) is 0 Å². The first-order valence-corrected chi connectivity index (χ1v) is 7.96. The third-order valence-electron chi connectivity index (χ3n) is 5.57. The third kappa shape index (κ3) is 1.52. The van der Waals surface area contributed by atoms with E-state index in [1.807, 2.05) is 24.3 Å². The van der Waals surface area contributed by atoms with Gasteiger partial charge < -0.3 is 9.80 Å². The number of benzene rings is 2. The lowest BCUT2D eigenvalue weighted by Crippen LogP contribution is -2.52. The van der Waals surface area contributed by atoms with Crippen LogP contribution in [0.3, 0.4) is 0 Å². The van der Waals surface area contributed by atoms with Crippen LogP contribution < -0.4 is 4.90 Å². The first-order chi connectivity index (χ1) is 10.7. The minimum atomic E-state index is 0.173. The van der Waals surface area contributed by atoms with Crippen molar-refractivity contribution in [3.63, 3.8) is 0 Å². The minimum Gasteiger partial charge on any atom is -0.370 e. The van der Waals surface area contributed by atoms with Gasteiger partial charge in [-0.15, -0.1) is 0 Å². The van der Waals surface area contributed by atoms with E-state index in [4.69, 9.17) is 0 Å². The second kappa shape index (κ2) is 4.20. The number of hydrogen-bond acceptors (Lipinski definition) is 3. The maximum absolute atomic E-state index is 12.6. The molecule has 0 amide bonds. The fourth-order valence-corrected chi connectivity index (χ4v) is 4.32. The van der Waals surface area contributed by atoms with Gasteiger partial charge in [-0.1, -0.05) is 30.3 Å². The number of carbonyl (C=O) groups is 1. The summed E-state index contributed by atoms with van der Waals surface area (Å²) in [7, 11) is 2.20. The van der Waals surface area contributed by atoms with Gasteiger partial charge in [0.05, 0.1) is 0 Å². The van der Waals surface area contributed by atoms with Gasteiger partial charge in [-0.05, 0) is 30.3 Å². The van der Waals surface area contributed by atoms with Crippen LogP contribution in [0.5, 0.6) is 0 Å². The number of hydrogen-bond donors (Lipinski definition) is 0. The molecule has 2 heterocycles. The molecule has 0 aromatic heterocycles. The Morgan fingerprint density at radius 2 is 1.68 bits per heavy atom. The van der Waals surface area contributed by atoms with Gasteiger partial charge in [0.15, 0.2) is 5.78 Å². The van der Waals surface area contributed by atoms with Crippen LogP contribution in [0.25, 0.3) is 11.1 Å². The minimum absolute atomic E-state index is 0.173. The Labute approximate surface area is 130 Å². The largest absolute Gasteiger partial charge is 0.370 e. The van der Waals surface area contributed by atoms with E-state index < -0.39 is 0 Å². The van der Waals surface area contributed by atoms with Gasteiger partial charge in [-0.3, -0.25) is 4.79 Å². The van der Waals surface area contributed by atoms with Crippen molar-refractivity contribution in [3.05, 3.63) is 53.6 Å². The molecule has 0 saturated carbocycles. The zero-order valence-electron chi connectivity index (χ0n) is 12.6. The van der Waals surface area contributed by atoms with E-state index >= 15 is 0 Å². The SMILES string of the molecule is CN1CC2CN(c3ccc4c(c3)C(=O)c3ccccc3-4)CC21. The molecule has 3 aliphatic rings. The molecular weight excluding hydrogens is 272 g/mol. The highest BCUT2D eigenvalue weighted by atomic mass is 16.1. The molecule has 0 spiro atoms. The van der Waals surface area contributed by atoms with Crippen molar-refractivity contribution in [3.8, 4) is 11.1 Å². The van der Waals surface area contributed by atoms with Crippen molar-refractivity contribution in [2.45, 2.75) is 6.04 Å². The normalized spacial score (nSPS) is 25.7. The highest BCUT2D eigenvalue weighted by molar-refractivity contribution is 6.22. The molecule has 110 valence electrons. The lowest BCUT2D eigenvalue weighted by Gasteiger charge is -2.40. The lowest BCUT2D eigenvalue weighted by molar-refractivity contribution is 0.0827. The predicted molar refractivity (Wildman–Crippen MR) is 87.4 cm³/mol. The average Bonchev–Trinajstić information content (AvgIpc) is 3.04. The number of nitrogens with zero attached hydrogens (tertiary/aromatic N) is 2. The van der Waals surface area contributed by atoms with Crippen molar-refractivity contribution < 1.29 is 4.79 Å². The van der Waals surface area contributed by atoms with E-state index in [0.717, 1.165) is 41.3 Å². The van der Waals surface area contributed by atoms with Gasteiger partial charge >= 0.3 is 0 Å². The summed E-state index contributed by atoms with van der Waals surface area (Å²) >= 11 is 0. The van der Waals surface area contributed by atoms with Crippen LogP contribution in [0.2, 0.25) is 0 Å². The quantitative estimate of drug-likeness (QED) is 0.688. The number of likely N-dealkylation sites (tertiary alicyclic amines) is 1. The van der Waals surface area contributed by atoms with Crippen LogP contribution in [0.4, 0.5) is 5.69 Å². The Bertz CT molecular complexity index is 798. The van der Waals surface area contributed by atoms with E-state index in [1.165, 1.54) is 12.2 Å². The summed E-state index contributed by atoms with van der Waals surface area (Å²) in [6, 6.07) is 15.0. The first-order valence-electron chi connectivity index (χ1n) is 7.96. The number of anilines is 1. The summed E-state index contributed by atoms with van der Waals surface area (Å²) in [4.78, 5) is 17.5. The molecule has 2 saturated heterocycles. The Morgan fingerprint density at radius 3 is 2.45 bits per heavy atom. The van der Waals surface area contributed by atoms with E-state index in [0.29, 0.717) is 6.04 Å².